The largest absolute Gasteiger partial charge is 0.325 e. The van der Waals surface area contributed by atoms with Crippen LogP contribution in [-0.2, 0) is 0 Å². The maximum absolute atomic E-state index is 2.77. The van der Waals surface area contributed by atoms with E-state index >= 15 is 0 Å². The summed E-state index contributed by atoms with van der Waals surface area (Å²) in [5.41, 5.74) is 4.45. The van der Waals surface area contributed by atoms with Gasteiger partial charge in [-0.15, -0.1) is 0 Å². The molecule has 19 heavy (non-hydrogen) atoms. The van der Waals surface area contributed by atoms with Gasteiger partial charge in [0.2, 0.25) is 0 Å². The molecule has 0 aromatic carbocycles. The van der Waals surface area contributed by atoms with Crippen molar-refractivity contribution in [1.82, 2.24) is 4.57 Å². The summed E-state index contributed by atoms with van der Waals surface area (Å²) in [7, 11) is -0.138. The predicted molar refractivity (Wildman–Crippen MR) is 92.4 cm³/mol. The van der Waals surface area contributed by atoms with E-state index in [1.807, 2.05) is 0 Å². The molecule has 0 spiro atoms. The lowest BCUT2D eigenvalue weighted by atomic mass is 10.1. The summed E-state index contributed by atoms with van der Waals surface area (Å²) in [5, 5.41) is 0. The summed E-state index contributed by atoms with van der Waals surface area (Å²) >= 11 is 0. The number of hydrogen-bond acceptors (Lipinski definition) is 1. The summed E-state index contributed by atoms with van der Waals surface area (Å²) in [6, 6.07) is 0. The van der Waals surface area contributed by atoms with Gasteiger partial charge in [-0.1, -0.05) is 58.2 Å². The van der Waals surface area contributed by atoms with Gasteiger partial charge in [-0.25, -0.2) is 0 Å². The number of allylic oxidation sites excluding steroid dienone is 1. The van der Waals surface area contributed by atoms with E-state index in [-0.39, 0.29) is 9.68 Å². The van der Waals surface area contributed by atoms with Crippen LogP contribution in [0.2, 0.25) is 0 Å². The molecule has 114 valence electrons. The average Bonchev–Trinajstić information content (AvgIpc) is 2.43. The van der Waals surface area contributed by atoms with Crippen LogP contribution in [0.25, 0.3) is 0 Å². The second-order valence-electron chi connectivity index (χ2n) is 5.72. The average molecular weight is 284 g/mol. The third kappa shape index (κ3) is 11.4. The Morgan fingerprint density at radius 3 is 1.84 bits per heavy atom. The third-order valence-corrected chi connectivity index (χ3v) is 5.62. The molecule has 0 aliphatic heterocycles. The topological polar surface area (TPSA) is 3.24 Å². The molecule has 0 atom stereocenters. The van der Waals surface area contributed by atoms with Crippen molar-refractivity contribution in [3.05, 3.63) is 11.3 Å². The molecule has 0 fully saturated rings. The van der Waals surface area contributed by atoms with E-state index in [1.165, 1.54) is 70.9 Å². The highest BCUT2D eigenvalue weighted by Gasteiger charge is 2.03. The standard InChI is InChI=1S/C17H37NSi/c1-5-9-12-17(13-10-6-2)16-19-18(14-8-4)15-11-7-3/h16H,5-15,19H2,1-4H3. The Morgan fingerprint density at radius 1 is 0.789 bits per heavy atom. The van der Waals surface area contributed by atoms with E-state index in [4.69, 9.17) is 0 Å². The molecule has 0 rings (SSSR count). The van der Waals surface area contributed by atoms with Crippen LogP contribution < -0.4 is 0 Å². The van der Waals surface area contributed by atoms with Crippen LogP contribution >= 0.6 is 0 Å². The van der Waals surface area contributed by atoms with Crippen LogP contribution in [0.15, 0.2) is 11.3 Å². The van der Waals surface area contributed by atoms with Gasteiger partial charge in [0.15, 0.2) is 0 Å². The van der Waals surface area contributed by atoms with E-state index in [0.29, 0.717) is 0 Å². The molecule has 0 saturated heterocycles. The summed E-state index contributed by atoms with van der Waals surface area (Å²) in [6.07, 6.45) is 12.2. The summed E-state index contributed by atoms with van der Waals surface area (Å²) in [6.45, 7) is 11.9. The SMILES string of the molecule is CCCCC(=C[SiH2]N(CCC)CCCC)CCCC. The molecule has 2 heteroatoms. The van der Waals surface area contributed by atoms with Gasteiger partial charge in [-0.3, -0.25) is 0 Å². The fraction of sp³-hybridized carbons (Fsp3) is 0.882. The molecule has 0 bridgehead atoms. The van der Waals surface area contributed by atoms with E-state index < -0.39 is 0 Å². The van der Waals surface area contributed by atoms with Crippen LogP contribution in [0.3, 0.4) is 0 Å². The molecule has 0 aromatic rings. The Balaban J connectivity index is 4.24. The van der Waals surface area contributed by atoms with Crippen LogP contribution in [-0.4, -0.2) is 27.3 Å². The first-order chi connectivity index (χ1) is 9.28. The molecule has 0 aliphatic carbocycles. The Bertz CT molecular complexity index is 203. The Kier molecular flexibility index (Phi) is 14.3. The van der Waals surface area contributed by atoms with Gasteiger partial charge < -0.3 is 4.57 Å². The van der Waals surface area contributed by atoms with Crippen LogP contribution in [0, 0.1) is 0 Å². The lowest BCUT2D eigenvalue weighted by Crippen LogP contribution is -2.29. The molecule has 0 amide bonds. The van der Waals surface area contributed by atoms with Gasteiger partial charge in [-0.05, 0) is 51.6 Å². The van der Waals surface area contributed by atoms with Crippen molar-refractivity contribution in [2.24, 2.45) is 0 Å². The second-order valence-corrected chi connectivity index (χ2v) is 7.39. The quantitative estimate of drug-likeness (QED) is 0.437. The minimum absolute atomic E-state index is 0.138. The van der Waals surface area contributed by atoms with Crippen molar-refractivity contribution in [1.29, 1.82) is 0 Å². The zero-order valence-electron chi connectivity index (χ0n) is 14.0. The van der Waals surface area contributed by atoms with Crippen molar-refractivity contribution in [3.63, 3.8) is 0 Å². The fourth-order valence-corrected chi connectivity index (χ4v) is 4.22. The van der Waals surface area contributed by atoms with E-state index in [2.05, 4.69) is 38.0 Å². The normalized spacial score (nSPS) is 11.6. The van der Waals surface area contributed by atoms with E-state index in [0.717, 1.165) is 0 Å². The first kappa shape index (κ1) is 18.9. The molecule has 0 radical (unpaired) electrons. The number of hydrogen-bond donors (Lipinski definition) is 0. The third-order valence-electron chi connectivity index (χ3n) is 3.71. The van der Waals surface area contributed by atoms with Gasteiger partial charge >= 0.3 is 0 Å². The van der Waals surface area contributed by atoms with Crippen molar-refractivity contribution in [2.75, 3.05) is 13.1 Å². The summed E-state index contributed by atoms with van der Waals surface area (Å²) in [5.74, 6) is 0. The molecule has 1 nitrogen and oxygen atoms in total. The van der Waals surface area contributed by atoms with Crippen LogP contribution in [0.4, 0.5) is 0 Å². The lowest BCUT2D eigenvalue weighted by Gasteiger charge is -2.20. The predicted octanol–water partition coefficient (Wildman–Crippen LogP) is 4.85. The lowest BCUT2D eigenvalue weighted by molar-refractivity contribution is 0.433. The minimum atomic E-state index is -0.138. The van der Waals surface area contributed by atoms with Crippen molar-refractivity contribution in [2.45, 2.75) is 85.5 Å². The Labute approximate surface area is 124 Å². The molecule has 0 aliphatic rings. The van der Waals surface area contributed by atoms with Crippen LogP contribution in [0.5, 0.6) is 0 Å². The van der Waals surface area contributed by atoms with E-state index in [1.54, 1.807) is 5.57 Å². The molecule has 0 N–H and O–H groups in total. The molecule has 0 unspecified atom stereocenters. The summed E-state index contributed by atoms with van der Waals surface area (Å²) in [4.78, 5) is 0. The van der Waals surface area contributed by atoms with E-state index in [9.17, 15) is 0 Å². The number of rotatable bonds is 13. The monoisotopic (exact) mass is 283 g/mol. The second kappa shape index (κ2) is 14.3. The highest BCUT2D eigenvalue weighted by atomic mass is 28.2. The smallest absolute Gasteiger partial charge is 0.119 e. The zero-order valence-corrected chi connectivity index (χ0v) is 15.4. The van der Waals surface area contributed by atoms with Gasteiger partial charge in [0, 0.05) is 0 Å². The molecular weight excluding hydrogens is 246 g/mol. The highest BCUT2D eigenvalue weighted by molar-refractivity contribution is 6.39. The van der Waals surface area contributed by atoms with Crippen molar-refractivity contribution >= 4 is 9.68 Å². The zero-order chi connectivity index (χ0) is 14.3. The molecule has 0 saturated carbocycles. The van der Waals surface area contributed by atoms with Crippen molar-refractivity contribution in [3.8, 4) is 0 Å². The van der Waals surface area contributed by atoms with Gasteiger partial charge in [0.25, 0.3) is 0 Å². The van der Waals surface area contributed by atoms with Gasteiger partial charge in [-0.2, -0.15) is 0 Å². The van der Waals surface area contributed by atoms with Crippen molar-refractivity contribution < 1.29 is 0 Å². The highest BCUT2D eigenvalue weighted by Crippen LogP contribution is 2.14. The Hall–Kier alpha value is -0.0831. The Morgan fingerprint density at radius 2 is 1.37 bits per heavy atom. The molecular formula is C17H37NSi. The number of unbranched alkanes of at least 4 members (excludes halogenated alkanes) is 3. The summed E-state index contributed by atoms with van der Waals surface area (Å²) < 4.78 is 2.77. The fourth-order valence-electron chi connectivity index (χ4n) is 2.39. The van der Waals surface area contributed by atoms with Gasteiger partial charge in [0.05, 0.1) is 0 Å². The molecule has 0 heterocycles. The first-order valence-electron chi connectivity index (χ1n) is 8.68. The minimum Gasteiger partial charge on any atom is -0.325 e. The maximum Gasteiger partial charge on any atom is 0.119 e. The van der Waals surface area contributed by atoms with Gasteiger partial charge in [0.1, 0.15) is 9.68 Å². The number of nitrogens with zero attached hydrogens (tertiary/aromatic N) is 1. The molecule has 0 aromatic heterocycles. The maximum atomic E-state index is 2.77. The first-order valence-corrected chi connectivity index (χ1v) is 10.1. The van der Waals surface area contributed by atoms with Crippen LogP contribution in [0.1, 0.15) is 85.5 Å².